The van der Waals surface area contributed by atoms with Gasteiger partial charge in [0.1, 0.15) is 5.41 Å². The van der Waals surface area contributed by atoms with Gasteiger partial charge in [-0.3, -0.25) is 0 Å². The van der Waals surface area contributed by atoms with Crippen molar-refractivity contribution in [1.29, 1.82) is 0 Å². The van der Waals surface area contributed by atoms with Gasteiger partial charge in [0.05, 0.1) is 6.92 Å². The minimum absolute atomic E-state index is 0.336. The zero-order chi connectivity index (χ0) is 9.41. The normalized spacial score (nSPS) is 49.2. The van der Waals surface area contributed by atoms with E-state index in [1.807, 2.05) is 0 Å². The summed E-state index contributed by atoms with van der Waals surface area (Å²) in [6, 6.07) is 0. The Labute approximate surface area is 77.7 Å². The lowest BCUT2D eigenvalue weighted by molar-refractivity contribution is 0.0749. The highest BCUT2D eigenvalue weighted by molar-refractivity contribution is 4.92. The summed E-state index contributed by atoms with van der Waals surface area (Å²) in [5, 5.41) is 0. The molecule has 1 fully saturated rings. The molecular weight excluding hydrogens is 144 g/mol. The maximum absolute atomic E-state index is 4.32. The van der Waals surface area contributed by atoms with E-state index < -0.39 is 0 Å². The Morgan fingerprint density at radius 2 is 1.92 bits per heavy atom. The average molecular weight is 167 g/mol. The second-order valence-corrected chi connectivity index (χ2v) is 5.67. The molecule has 1 rings (SSSR count). The van der Waals surface area contributed by atoms with Crippen LogP contribution < -0.4 is 0 Å². The van der Waals surface area contributed by atoms with Crippen molar-refractivity contribution in [2.24, 2.45) is 16.7 Å². The standard InChI is InChI=1S/C12H23/c1-6-12(5)8-10(2)7-11(3,4)9-12/h10H,3,6-9H2,1-2,4-5H3/q+1/t10-,11+,12-/m1/s1. The second-order valence-electron chi connectivity index (χ2n) is 5.67. The molecule has 0 radical (unpaired) electrons. The number of hydrogen-bond donors (Lipinski definition) is 0. The number of rotatable bonds is 1. The van der Waals surface area contributed by atoms with Gasteiger partial charge in [-0.05, 0) is 37.5 Å². The lowest BCUT2D eigenvalue weighted by Crippen LogP contribution is -2.34. The van der Waals surface area contributed by atoms with Gasteiger partial charge in [-0.2, -0.15) is 0 Å². The van der Waals surface area contributed by atoms with Crippen LogP contribution in [-0.4, -0.2) is 0 Å². The van der Waals surface area contributed by atoms with Crippen molar-refractivity contribution in [3.63, 3.8) is 0 Å². The predicted octanol–water partition coefficient (Wildman–Crippen LogP) is 4.06. The van der Waals surface area contributed by atoms with Crippen molar-refractivity contribution in [3.05, 3.63) is 6.92 Å². The van der Waals surface area contributed by atoms with Crippen LogP contribution in [0.5, 0.6) is 0 Å². The molecule has 0 heteroatoms. The third-order valence-electron chi connectivity index (χ3n) is 3.39. The van der Waals surface area contributed by atoms with Crippen LogP contribution in [0.15, 0.2) is 0 Å². The van der Waals surface area contributed by atoms with Crippen molar-refractivity contribution < 1.29 is 0 Å². The van der Waals surface area contributed by atoms with Gasteiger partial charge in [0.2, 0.25) is 0 Å². The number of hydrogen-bond acceptors (Lipinski definition) is 0. The van der Waals surface area contributed by atoms with Crippen molar-refractivity contribution in [2.45, 2.75) is 53.4 Å². The Hall–Kier alpha value is -0.130. The van der Waals surface area contributed by atoms with Gasteiger partial charge in [-0.25, -0.2) is 0 Å². The monoisotopic (exact) mass is 167 g/mol. The van der Waals surface area contributed by atoms with E-state index in [-0.39, 0.29) is 0 Å². The Morgan fingerprint density at radius 3 is 2.33 bits per heavy atom. The second kappa shape index (κ2) is 2.97. The molecular formula is C12H23+. The highest BCUT2D eigenvalue weighted by atomic mass is 14.4. The van der Waals surface area contributed by atoms with Crippen LogP contribution in [0.1, 0.15) is 53.4 Å². The molecule has 1 aliphatic rings. The van der Waals surface area contributed by atoms with E-state index in [1.165, 1.54) is 25.7 Å². The summed E-state index contributed by atoms with van der Waals surface area (Å²) in [6.07, 6.45) is 5.32. The summed E-state index contributed by atoms with van der Waals surface area (Å²) in [6.45, 7) is 13.7. The molecule has 0 heterocycles. The molecule has 70 valence electrons. The molecule has 1 saturated carbocycles. The zero-order valence-electron chi connectivity index (χ0n) is 9.11. The smallest absolute Gasteiger partial charge is 0.0649 e. The first-order valence-electron chi connectivity index (χ1n) is 5.22. The van der Waals surface area contributed by atoms with E-state index in [1.54, 1.807) is 0 Å². The Balaban J connectivity index is 2.70. The summed E-state index contributed by atoms with van der Waals surface area (Å²) in [5.41, 5.74) is 0.899. The molecule has 0 nitrogen and oxygen atoms in total. The summed E-state index contributed by atoms with van der Waals surface area (Å²) in [5.74, 6) is 0.867. The Bertz CT molecular complexity index is 157. The van der Waals surface area contributed by atoms with Crippen LogP contribution in [0.25, 0.3) is 0 Å². The summed E-state index contributed by atoms with van der Waals surface area (Å²) in [7, 11) is 0. The van der Waals surface area contributed by atoms with Gasteiger partial charge >= 0.3 is 0 Å². The van der Waals surface area contributed by atoms with Gasteiger partial charge < -0.3 is 0 Å². The minimum atomic E-state index is 0.336. The highest BCUT2D eigenvalue weighted by Gasteiger charge is 2.42. The molecule has 12 heavy (non-hydrogen) atoms. The first kappa shape index (κ1) is 9.95. The lowest BCUT2D eigenvalue weighted by Gasteiger charge is -2.41. The van der Waals surface area contributed by atoms with Crippen molar-refractivity contribution >= 4 is 0 Å². The van der Waals surface area contributed by atoms with Crippen LogP contribution in [0.2, 0.25) is 0 Å². The topological polar surface area (TPSA) is 0 Å². The van der Waals surface area contributed by atoms with Gasteiger partial charge in [0, 0.05) is 0 Å². The minimum Gasteiger partial charge on any atom is -0.0649 e. The van der Waals surface area contributed by atoms with E-state index >= 15 is 0 Å². The molecule has 0 saturated heterocycles. The maximum Gasteiger partial charge on any atom is 0.103 e. The van der Waals surface area contributed by atoms with Gasteiger partial charge in [0.25, 0.3) is 0 Å². The summed E-state index contributed by atoms with van der Waals surface area (Å²) in [4.78, 5) is 0. The van der Waals surface area contributed by atoms with Crippen LogP contribution >= 0.6 is 0 Å². The first-order chi connectivity index (χ1) is 5.37. The van der Waals surface area contributed by atoms with E-state index in [0.717, 1.165) is 5.92 Å². The maximum atomic E-state index is 4.32. The van der Waals surface area contributed by atoms with E-state index in [9.17, 15) is 0 Å². The highest BCUT2D eigenvalue weighted by Crippen LogP contribution is 2.49. The molecule has 0 aliphatic heterocycles. The van der Waals surface area contributed by atoms with Crippen LogP contribution in [0, 0.1) is 23.7 Å². The Kier molecular flexibility index (Phi) is 2.47. The lowest BCUT2D eigenvalue weighted by atomic mass is 9.60. The fourth-order valence-electron chi connectivity index (χ4n) is 3.20. The van der Waals surface area contributed by atoms with Crippen LogP contribution in [-0.2, 0) is 0 Å². The van der Waals surface area contributed by atoms with Gasteiger partial charge in [0.15, 0.2) is 0 Å². The molecule has 0 aromatic rings. The molecule has 0 aromatic carbocycles. The summed E-state index contributed by atoms with van der Waals surface area (Å²) < 4.78 is 0. The fourth-order valence-corrected chi connectivity index (χ4v) is 3.20. The molecule has 0 spiro atoms. The molecule has 3 atom stereocenters. The molecule has 0 amide bonds. The van der Waals surface area contributed by atoms with Gasteiger partial charge in [-0.1, -0.05) is 27.2 Å². The van der Waals surface area contributed by atoms with E-state index in [0.29, 0.717) is 10.8 Å². The molecule has 0 bridgehead atoms. The fraction of sp³-hybridized carbons (Fsp3) is 0.917. The summed E-state index contributed by atoms with van der Waals surface area (Å²) >= 11 is 0. The van der Waals surface area contributed by atoms with Crippen LogP contribution in [0.3, 0.4) is 0 Å². The van der Waals surface area contributed by atoms with Crippen molar-refractivity contribution in [1.82, 2.24) is 0 Å². The molecule has 0 unspecified atom stereocenters. The van der Waals surface area contributed by atoms with Crippen LogP contribution in [0.4, 0.5) is 0 Å². The van der Waals surface area contributed by atoms with Crippen molar-refractivity contribution in [3.8, 4) is 0 Å². The third kappa shape index (κ3) is 2.18. The average Bonchev–Trinajstić information content (AvgIpc) is 1.82. The predicted molar refractivity (Wildman–Crippen MR) is 54.9 cm³/mol. The third-order valence-corrected chi connectivity index (χ3v) is 3.39. The van der Waals surface area contributed by atoms with E-state index in [4.69, 9.17) is 0 Å². The molecule has 0 N–H and O–H groups in total. The van der Waals surface area contributed by atoms with Crippen molar-refractivity contribution in [2.75, 3.05) is 0 Å². The van der Waals surface area contributed by atoms with Gasteiger partial charge in [-0.15, -0.1) is 0 Å². The first-order valence-corrected chi connectivity index (χ1v) is 5.22. The Morgan fingerprint density at radius 1 is 1.33 bits per heavy atom. The molecule has 0 aromatic heterocycles. The largest absolute Gasteiger partial charge is 0.103 e. The van der Waals surface area contributed by atoms with E-state index in [2.05, 4.69) is 34.6 Å². The quantitative estimate of drug-likeness (QED) is 0.517. The zero-order valence-corrected chi connectivity index (χ0v) is 9.11. The molecule has 1 aliphatic carbocycles. The SMILES string of the molecule is [CH2+][C@]1(C)C[C@@H](C)C[C@@](C)(CC)C1.